The van der Waals surface area contributed by atoms with E-state index in [2.05, 4.69) is 42.4 Å². The Morgan fingerprint density at radius 3 is 2.44 bits per heavy atom. The molecule has 0 aliphatic heterocycles. The molecule has 2 rings (SSSR count). The molecule has 0 radical (unpaired) electrons. The Morgan fingerprint density at radius 2 is 2.06 bits per heavy atom. The number of nitrogens with one attached hydrogen (secondary N) is 1. The second-order valence-electron chi connectivity index (χ2n) is 5.79. The van der Waals surface area contributed by atoms with E-state index in [-0.39, 0.29) is 5.41 Å². The zero-order valence-corrected chi connectivity index (χ0v) is 11.4. The standard InChI is InChI=1S/C12H21N3S/c1-5-12(7-6-8-12)14-10-13-9(15-16-10)11(2,3)4/h5-8H2,1-4H3,(H,13,14,15). The second-order valence-corrected chi connectivity index (χ2v) is 6.54. The van der Waals surface area contributed by atoms with Gasteiger partial charge in [0, 0.05) is 22.5 Å². The molecule has 0 bridgehead atoms. The van der Waals surface area contributed by atoms with Crippen LogP contribution < -0.4 is 5.32 Å². The molecule has 1 aliphatic carbocycles. The largest absolute Gasteiger partial charge is 0.355 e. The van der Waals surface area contributed by atoms with Crippen LogP contribution in [0.1, 0.15) is 59.2 Å². The van der Waals surface area contributed by atoms with Crippen LogP contribution in [-0.4, -0.2) is 14.9 Å². The molecule has 4 heteroatoms. The Balaban J connectivity index is 2.08. The molecule has 1 aromatic heterocycles. The summed E-state index contributed by atoms with van der Waals surface area (Å²) in [5.41, 5.74) is 0.365. The fourth-order valence-electron chi connectivity index (χ4n) is 1.98. The molecule has 0 spiro atoms. The minimum atomic E-state index is 0.0510. The molecule has 16 heavy (non-hydrogen) atoms. The topological polar surface area (TPSA) is 37.8 Å². The van der Waals surface area contributed by atoms with E-state index < -0.39 is 0 Å². The summed E-state index contributed by atoms with van der Waals surface area (Å²) in [7, 11) is 0. The molecular weight excluding hydrogens is 218 g/mol. The lowest BCUT2D eigenvalue weighted by Gasteiger charge is -2.41. The third-order valence-electron chi connectivity index (χ3n) is 3.46. The van der Waals surface area contributed by atoms with E-state index in [9.17, 15) is 0 Å². The van der Waals surface area contributed by atoms with Gasteiger partial charge in [0.15, 0.2) is 0 Å². The highest BCUT2D eigenvalue weighted by atomic mass is 32.1. The van der Waals surface area contributed by atoms with Crippen molar-refractivity contribution in [2.45, 2.75) is 64.3 Å². The van der Waals surface area contributed by atoms with Gasteiger partial charge in [0.2, 0.25) is 5.13 Å². The highest BCUT2D eigenvalue weighted by molar-refractivity contribution is 7.09. The van der Waals surface area contributed by atoms with Gasteiger partial charge in [0.05, 0.1) is 0 Å². The van der Waals surface area contributed by atoms with Crippen molar-refractivity contribution < 1.29 is 0 Å². The first-order valence-electron chi connectivity index (χ1n) is 6.08. The number of nitrogens with zero attached hydrogens (tertiary/aromatic N) is 2. The highest BCUT2D eigenvalue weighted by Gasteiger charge is 2.36. The van der Waals surface area contributed by atoms with E-state index in [1.54, 1.807) is 0 Å². The van der Waals surface area contributed by atoms with E-state index in [4.69, 9.17) is 0 Å². The Morgan fingerprint density at radius 1 is 1.38 bits per heavy atom. The van der Waals surface area contributed by atoms with Gasteiger partial charge in [-0.05, 0) is 25.7 Å². The summed E-state index contributed by atoms with van der Waals surface area (Å²) in [6.45, 7) is 8.70. The maximum Gasteiger partial charge on any atom is 0.203 e. The molecule has 1 N–H and O–H groups in total. The predicted molar refractivity (Wildman–Crippen MR) is 69.1 cm³/mol. The van der Waals surface area contributed by atoms with Crippen molar-refractivity contribution in [3.8, 4) is 0 Å². The first kappa shape index (κ1) is 11.8. The Labute approximate surface area is 102 Å². The quantitative estimate of drug-likeness (QED) is 0.876. The third-order valence-corrected chi connectivity index (χ3v) is 4.09. The van der Waals surface area contributed by atoms with E-state index in [1.807, 2.05) is 0 Å². The van der Waals surface area contributed by atoms with Gasteiger partial charge in [-0.2, -0.15) is 4.37 Å². The minimum Gasteiger partial charge on any atom is -0.355 e. The SMILES string of the molecule is CCC1(Nc2nc(C(C)(C)C)ns2)CCC1. The molecule has 1 fully saturated rings. The van der Waals surface area contributed by atoms with Gasteiger partial charge in [-0.3, -0.25) is 0 Å². The Kier molecular flexibility index (Phi) is 2.95. The molecule has 1 aromatic rings. The van der Waals surface area contributed by atoms with Crippen molar-refractivity contribution in [3.05, 3.63) is 5.82 Å². The minimum absolute atomic E-state index is 0.0510. The molecule has 90 valence electrons. The maximum absolute atomic E-state index is 4.59. The smallest absolute Gasteiger partial charge is 0.203 e. The first-order chi connectivity index (χ1) is 7.45. The molecular formula is C12H21N3S. The van der Waals surface area contributed by atoms with E-state index in [0.29, 0.717) is 5.54 Å². The van der Waals surface area contributed by atoms with Gasteiger partial charge >= 0.3 is 0 Å². The summed E-state index contributed by atoms with van der Waals surface area (Å²) in [6.07, 6.45) is 5.06. The van der Waals surface area contributed by atoms with Crippen LogP contribution in [0.25, 0.3) is 0 Å². The van der Waals surface area contributed by atoms with Gasteiger partial charge in [-0.1, -0.05) is 27.7 Å². The van der Waals surface area contributed by atoms with Gasteiger partial charge in [0.1, 0.15) is 5.82 Å². The average molecular weight is 239 g/mol. The van der Waals surface area contributed by atoms with Crippen LogP contribution >= 0.6 is 11.5 Å². The monoisotopic (exact) mass is 239 g/mol. The van der Waals surface area contributed by atoms with Crippen LogP contribution in [0.3, 0.4) is 0 Å². The zero-order chi connectivity index (χ0) is 11.8. The molecule has 0 amide bonds. The van der Waals surface area contributed by atoms with Gasteiger partial charge in [0.25, 0.3) is 0 Å². The molecule has 0 saturated heterocycles. The molecule has 0 atom stereocenters. The third kappa shape index (κ3) is 2.21. The fourth-order valence-corrected chi connectivity index (χ4v) is 2.85. The number of hydrogen-bond donors (Lipinski definition) is 1. The molecule has 3 nitrogen and oxygen atoms in total. The lowest BCUT2D eigenvalue weighted by Crippen LogP contribution is -2.44. The van der Waals surface area contributed by atoms with Crippen molar-refractivity contribution in [2.75, 3.05) is 5.32 Å². The normalized spacial score (nSPS) is 19.2. The number of anilines is 1. The van der Waals surface area contributed by atoms with Crippen LogP contribution in [-0.2, 0) is 5.41 Å². The molecule has 0 aromatic carbocycles. The van der Waals surface area contributed by atoms with Crippen LogP contribution in [0.4, 0.5) is 5.13 Å². The molecule has 1 saturated carbocycles. The molecule has 1 heterocycles. The summed E-state index contributed by atoms with van der Waals surface area (Å²) in [6, 6.07) is 0. The average Bonchev–Trinajstić information content (AvgIpc) is 2.58. The number of rotatable bonds is 3. The van der Waals surface area contributed by atoms with Gasteiger partial charge in [-0.15, -0.1) is 0 Å². The summed E-state index contributed by atoms with van der Waals surface area (Å²) in [5, 5.41) is 4.57. The molecule has 0 unspecified atom stereocenters. The summed E-state index contributed by atoms with van der Waals surface area (Å²) < 4.78 is 4.43. The van der Waals surface area contributed by atoms with Crippen LogP contribution in [0, 0.1) is 0 Å². The fraction of sp³-hybridized carbons (Fsp3) is 0.833. The molecule has 1 aliphatic rings. The van der Waals surface area contributed by atoms with Crippen LogP contribution in [0.15, 0.2) is 0 Å². The lowest BCUT2D eigenvalue weighted by molar-refractivity contribution is 0.269. The van der Waals surface area contributed by atoms with Crippen LogP contribution in [0.2, 0.25) is 0 Å². The summed E-state index contributed by atoms with van der Waals surface area (Å²) >= 11 is 1.50. The van der Waals surface area contributed by atoms with Crippen LogP contribution in [0.5, 0.6) is 0 Å². The zero-order valence-electron chi connectivity index (χ0n) is 10.6. The van der Waals surface area contributed by atoms with Crippen molar-refractivity contribution >= 4 is 16.7 Å². The summed E-state index contributed by atoms with van der Waals surface area (Å²) in [5.74, 6) is 0.950. The van der Waals surface area contributed by atoms with Crippen molar-refractivity contribution in [1.82, 2.24) is 9.36 Å². The first-order valence-corrected chi connectivity index (χ1v) is 6.85. The van der Waals surface area contributed by atoms with E-state index >= 15 is 0 Å². The Bertz CT molecular complexity index is 355. The van der Waals surface area contributed by atoms with E-state index in [1.165, 1.54) is 37.2 Å². The van der Waals surface area contributed by atoms with Gasteiger partial charge < -0.3 is 5.32 Å². The van der Waals surface area contributed by atoms with Gasteiger partial charge in [-0.25, -0.2) is 4.98 Å². The predicted octanol–water partition coefficient (Wildman–Crippen LogP) is 3.58. The van der Waals surface area contributed by atoms with Crippen molar-refractivity contribution in [1.29, 1.82) is 0 Å². The number of aromatic nitrogens is 2. The number of hydrogen-bond acceptors (Lipinski definition) is 4. The lowest BCUT2D eigenvalue weighted by atomic mass is 9.75. The Hall–Kier alpha value is -0.640. The highest BCUT2D eigenvalue weighted by Crippen LogP contribution is 2.38. The van der Waals surface area contributed by atoms with E-state index in [0.717, 1.165) is 11.0 Å². The second kappa shape index (κ2) is 3.99. The summed E-state index contributed by atoms with van der Waals surface area (Å²) in [4.78, 5) is 4.59. The van der Waals surface area contributed by atoms with Crippen molar-refractivity contribution in [2.24, 2.45) is 0 Å². The maximum atomic E-state index is 4.59. The van der Waals surface area contributed by atoms with Crippen molar-refractivity contribution in [3.63, 3.8) is 0 Å².